The summed E-state index contributed by atoms with van der Waals surface area (Å²) in [5, 5.41) is 0. The van der Waals surface area contributed by atoms with Gasteiger partial charge in [0.15, 0.2) is 0 Å². The zero-order valence-electron chi connectivity index (χ0n) is 12.0. The SMILES string of the molecule is COc1ccccc1-c1ccc2c(c1)Cc1ccccc1-2. The summed E-state index contributed by atoms with van der Waals surface area (Å²) in [6.45, 7) is 0. The molecule has 0 aromatic heterocycles. The lowest BCUT2D eigenvalue weighted by atomic mass is 9.98. The number of hydrogen-bond acceptors (Lipinski definition) is 1. The van der Waals surface area contributed by atoms with Crippen LogP contribution in [-0.2, 0) is 6.42 Å². The molecule has 0 amide bonds. The molecule has 3 aromatic rings. The number of hydrogen-bond donors (Lipinski definition) is 0. The van der Waals surface area contributed by atoms with E-state index < -0.39 is 0 Å². The van der Waals surface area contributed by atoms with E-state index in [9.17, 15) is 0 Å². The minimum atomic E-state index is 0.924. The summed E-state index contributed by atoms with van der Waals surface area (Å²) >= 11 is 0. The molecule has 21 heavy (non-hydrogen) atoms. The number of benzene rings is 3. The van der Waals surface area contributed by atoms with Gasteiger partial charge >= 0.3 is 0 Å². The third-order valence-corrected chi connectivity index (χ3v) is 4.21. The predicted octanol–water partition coefficient (Wildman–Crippen LogP) is 4.93. The quantitative estimate of drug-likeness (QED) is 0.502. The van der Waals surface area contributed by atoms with Gasteiger partial charge < -0.3 is 4.74 Å². The summed E-state index contributed by atoms with van der Waals surface area (Å²) in [4.78, 5) is 0. The second-order valence-electron chi connectivity index (χ2n) is 5.41. The molecule has 102 valence electrons. The molecule has 0 spiro atoms. The van der Waals surface area contributed by atoms with E-state index in [4.69, 9.17) is 4.74 Å². The number of ether oxygens (including phenoxy) is 1. The van der Waals surface area contributed by atoms with Gasteiger partial charge in [-0.25, -0.2) is 0 Å². The molecule has 0 N–H and O–H groups in total. The highest BCUT2D eigenvalue weighted by Gasteiger charge is 2.18. The van der Waals surface area contributed by atoms with Crippen LogP contribution in [0.25, 0.3) is 22.3 Å². The summed E-state index contributed by atoms with van der Waals surface area (Å²) in [6, 6.07) is 23.6. The first kappa shape index (κ1) is 12.2. The fourth-order valence-electron chi connectivity index (χ4n) is 3.20. The summed E-state index contributed by atoms with van der Waals surface area (Å²) in [6.07, 6.45) is 1.02. The monoisotopic (exact) mass is 272 g/mol. The van der Waals surface area contributed by atoms with Crippen molar-refractivity contribution in [2.45, 2.75) is 6.42 Å². The molecule has 3 aromatic carbocycles. The maximum atomic E-state index is 5.48. The Kier molecular flexibility index (Phi) is 2.78. The van der Waals surface area contributed by atoms with E-state index in [1.54, 1.807) is 7.11 Å². The second-order valence-corrected chi connectivity index (χ2v) is 5.41. The van der Waals surface area contributed by atoms with Gasteiger partial charge in [0.05, 0.1) is 7.11 Å². The lowest BCUT2D eigenvalue weighted by Gasteiger charge is -2.10. The Balaban J connectivity index is 1.83. The molecule has 1 aliphatic rings. The molecule has 0 radical (unpaired) electrons. The normalized spacial score (nSPS) is 11.9. The van der Waals surface area contributed by atoms with Gasteiger partial charge in [0.25, 0.3) is 0 Å². The first-order chi connectivity index (χ1) is 10.4. The summed E-state index contributed by atoms with van der Waals surface area (Å²) in [7, 11) is 1.72. The Morgan fingerprint density at radius 1 is 0.714 bits per heavy atom. The van der Waals surface area contributed by atoms with Gasteiger partial charge in [-0.2, -0.15) is 0 Å². The minimum Gasteiger partial charge on any atom is -0.496 e. The second kappa shape index (κ2) is 4.78. The molecule has 1 heteroatoms. The van der Waals surface area contributed by atoms with Crippen molar-refractivity contribution in [1.29, 1.82) is 0 Å². The van der Waals surface area contributed by atoms with E-state index in [1.807, 2.05) is 12.1 Å². The Morgan fingerprint density at radius 3 is 2.29 bits per heavy atom. The van der Waals surface area contributed by atoms with Crippen LogP contribution in [-0.4, -0.2) is 7.11 Å². The van der Waals surface area contributed by atoms with Gasteiger partial charge in [0, 0.05) is 5.56 Å². The van der Waals surface area contributed by atoms with Crippen LogP contribution < -0.4 is 4.74 Å². The van der Waals surface area contributed by atoms with E-state index in [2.05, 4.69) is 54.6 Å². The van der Waals surface area contributed by atoms with Gasteiger partial charge in [-0.05, 0) is 40.3 Å². The third-order valence-electron chi connectivity index (χ3n) is 4.21. The largest absolute Gasteiger partial charge is 0.496 e. The number of para-hydroxylation sites is 1. The lowest BCUT2D eigenvalue weighted by Crippen LogP contribution is -1.88. The molecule has 0 aliphatic heterocycles. The van der Waals surface area contributed by atoms with Crippen molar-refractivity contribution in [1.82, 2.24) is 0 Å². The zero-order valence-corrected chi connectivity index (χ0v) is 12.0. The van der Waals surface area contributed by atoms with Crippen LogP contribution >= 0.6 is 0 Å². The van der Waals surface area contributed by atoms with Crippen LogP contribution in [0.5, 0.6) is 5.75 Å². The fraction of sp³-hybridized carbons (Fsp3) is 0.100. The highest BCUT2D eigenvalue weighted by molar-refractivity contribution is 5.81. The molecule has 0 saturated carbocycles. The van der Waals surface area contributed by atoms with Crippen molar-refractivity contribution in [2.24, 2.45) is 0 Å². The molecule has 4 rings (SSSR count). The topological polar surface area (TPSA) is 9.23 Å². The van der Waals surface area contributed by atoms with Crippen LogP contribution in [0.4, 0.5) is 0 Å². The van der Waals surface area contributed by atoms with Gasteiger partial charge in [-0.3, -0.25) is 0 Å². The van der Waals surface area contributed by atoms with Crippen LogP contribution in [0, 0.1) is 0 Å². The van der Waals surface area contributed by atoms with Gasteiger partial charge in [-0.15, -0.1) is 0 Å². The molecular formula is C20H16O. The third kappa shape index (κ3) is 1.93. The highest BCUT2D eigenvalue weighted by Crippen LogP contribution is 2.39. The van der Waals surface area contributed by atoms with Crippen molar-refractivity contribution < 1.29 is 4.74 Å². The molecular weight excluding hydrogens is 256 g/mol. The first-order valence-corrected chi connectivity index (χ1v) is 7.21. The maximum absolute atomic E-state index is 5.48. The Morgan fingerprint density at radius 2 is 1.43 bits per heavy atom. The van der Waals surface area contributed by atoms with E-state index in [-0.39, 0.29) is 0 Å². The lowest BCUT2D eigenvalue weighted by molar-refractivity contribution is 0.416. The molecule has 0 fully saturated rings. The van der Waals surface area contributed by atoms with Crippen LogP contribution in [0.2, 0.25) is 0 Å². The molecule has 0 unspecified atom stereocenters. The molecule has 1 aliphatic carbocycles. The number of methoxy groups -OCH3 is 1. The van der Waals surface area contributed by atoms with Crippen LogP contribution in [0.15, 0.2) is 66.7 Å². The fourth-order valence-corrected chi connectivity index (χ4v) is 3.20. The summed E-state index contributed by atoms with van der Waals surface area (Å²) in [5.41, 5.74) is 7.94. The molecule has 1 nitrogen and oxygen atoms in total. The molecule has 0 bridgehead atoms. The molecule has 0 heterocycles. The Hall–Kier alpha value is -2.54. The summed E-state index contributed by atoms with van der Waals surface area (Å²) < 4.78 is 5.48. The van der Waals surface area contributed by atoms with Gasteiger partial charge in [0.1, 0.15) is 5.75 Å². The Bertz CT molecular complexity index is 818. The van der Waals surface area contributed by atoms with Crippen molar-refractivity contribution >= 4 is 0 Å². The van der Waals surface area contributed by atoms with Crippen molar-refractivity contribution in [2.75, 3.05) is 7.11 Å². The van der Waals surface area contributed by atoms with Crippen molar-refractivity contribution in [3.63, 3.8) is 0 Å². The molecule has 0 saturated heterocycles. The van der Waals surface area contributed by atoms with E-state index in [1.165, 1.54) is 27.8 Å². The van der Waals surface area contributed by atoms with Crippen molar-refractivity contribution in [3.05, 3.63) is 77.9 Å². The molecule has 0 atom stereocenters. The minimum absolute atomic E-state index is 0.924. The highest BCUT2D eigenvalue weighted by atomic mass is 16.5. The van der Waals surface area contributed by atoms with E-state index >= 15 is 0 Å². The van der Waals surface area contributed by atoms with Crippen LogP contribution in [0.3, 0.4) is 0 Å². The van der Waals surface area contributed by atoms with Crippen molar-refractivity contribution in [3.8, 4) is 28.0 Å². The standard InChI is InChI=1S/C20H16O/c1-21-20-9-5-4-8-19(20)15-10-11-18-16(13-15)12-14-6-2-3-7-17(14)18/h2-11,13H,12H2,1H3. The maximum Gasteiger partial charge on any atom is 0.126 e. The number of rotatable bonds is 2. The average molecular weight is 272 g/mol. The smallest absolute Gasteiger partial charge is 0.126 e. The Labute approximate surface area is 124 Å². The van der Waals surface area contributed by atoms with Gasteiger partial charge in [-0.1, -0.05) is 60.7 Å². The zero-order chi connectivity index (χ0) is 14.2. The van der Waals surface area contributed by atoms with E-state index in [0.717, 1.165) is 17.7 Å². The average Bonchev–Trinajstić information content (AvgIpc) is 2.92. The first-order valence-electron chi connectivity index (χ1n) is 7.21. The van der Waals surface area contributed by atoms with E-state index in [0.29, 0.717) is 0 Å². The summed E-state index contributed by atoms with van der Waals surface area (Å²) in [5.74, 6) is 0.924. The predicted molar refractivity (Wildman–Crippen MR) is 86.7 cm³/mol. The van der Waals surface area contributed by atoms with Crippen LogP contribution in [0.1, 0.15) is 11.1 Å². The van der Waals surface area contributed by atoms with Gasteiger partial charge in [0.2, 0.25) is 0 Å². The number of fused-ring (bicyclic) bond motifs is 3.